The Labute approximate surface area is 120 Å². The van der Waals surface area contributed by atoms with E-state index in [9.17, 15) is 9.59 Å². The van der Waals surface area contributed by atoms with Crippen LogP contribution < -0.4 is 5.32 Å². The van der Waals surface area contributed by atoms with Crippen LogP contribution in [0.5, 0.6) is 0 Å². The van der Waals surface area contributed by atoms with Gasteiger partial charge in [0.15, 0.2) is 0 Å². The molecule has 0 aromatic rings. The van der Waals surface area contributed by atoms with E-state index >= 15 is 0 Å². The van der Waals surface area contributed by atoms with E-state index in [1.54, 1.807) is 6.92 Å². The molecular formula is C14H27NO3S. The first-order chi connectivity index (χ1) is 8.82. The van der Waals surface area contributed by atoms with Gasteiger partial charge in [0.05, 0.1) is 11.7 Å². The van der Waals surface area contributed by atoms with Gasteiger partial charge in [-0.25, -0.2) is 0 Å². The molecule has 19 heavy (non-hydrogen) atoms. The summed E-state index contributed by atoms with van der Waals surface area (Å²) in [5.74, 6) is 0.309. The van der Waals surface area contributed by atoms with Crippen LogP contribution in [0, 0.1) is 11.8 Å². The Kier molecular flexibility index (Phi) is 9.74. The summed E-state index contributed by atoms with van der Waals surface area (Å²) in [4.78, 5) is 22.2. The molecule has 0 saturated carbocycles. The first-order valence-electron chi connectivity index (χ1n) is 6.92. The number of thioether (sulfide) groups is 1. The van der Waals surface area contributed by atoms with Crippen LogP contribution in [0.2, 0.25) is 0 Å². The van der Waals surface area contributed by atoms with E-state index in [0.717, 1.165) is 12.8 Å². The average Bonchev–Trinajstić information content (AvgIpc) is 2.27. The maximum absolute atomic E-state index is 11.6. The number of hydrogen-bond donors (Lipinski definition) is 2. The van der Waals surface area contributed by atoms with Crippen molar-refractivity contribution in [3.63, 3.8) is 0 Å². The maximum atomic E-state index is 11.6. The Hall–Kier alpha value is -0.710. The zero-order valence-electron chi connectivity index (χ0n) is 12.4. The van der Waals surface area contributed by atoms with Gasteiger partial charge in [-0.15, -0.1) is 0 Å². The number of nitrogens with one attached hydrogen (secondary N) is 1. The number of rotatable bonds is 10. The number of aliphatic carboxylic acids is 1. The topological polar surface area (TPSA) is 66.4 Å². The van der Waals surface area contributed by atoms with Gasteiger partial charge in [-0.2, -0.15) is 11.8 Å². The number of carbonyl (C=O) groups excluding carboxylic acids is 1. The highest BCUT2D eigenvalue weighted by Gasteiger charge is 2.12. The molecule has 0 fully saturated rings. The van der Waals surface area contributed by atoms with Crippen LogP contribution in [-0.2, 0) is 9.59 Å². The van der Waals surface area contributed by atoms with Crippen molar-refractivity contribution in [3.05, 3.63) is 0 Å². The molecule has 5 heteroatoms. The third-order valence-electron chi connectivity index (χ3n) is 2.85. The first kappa shape index (κ1) is 18.3. The van der Waals surface area contributed by atoms with Gasteiger partial charge in [-0.05, 0) is 19.3 Å². The van der Waals surface area contributed by atoms with Gasteiger partial charge in [0.1, 0.15) is 0 Å². The van der Waals surface area contributed by atoms with Crippen LogP contribution in [0.15, 0.2) is 0 Å². The third kappa shape index (κ3) is 10.9. The minimum atomic E-state index is -0.810. The van der Waals surface area contributed by atoms with E-state index < -0.39 is 11.9 Å². The zero-order chi connectivity index (χ0) is 14.8. The minimum absolute atomic E-state index is 0.000337. The van der Waals surface area contributed by atoms with Gasteiger partial charge in [0.2, 0.25) is 5.91 Å². The van der Waals surface area contributed by atoms with Crippen LogP contribution >= 0.6 is 11.8 Å². The fourth-order valence-electron chi connectivity index (χ4n) is 1.62. The maximum Gasteiger partial charge on any atom is 0.307 e. The highest BCUT2D eigenvalue weighted by atomic mass is 32.2. The Bertz CT molecular complexity index is 282. The molecule has 2 N–H and O–H groups in total. The molecular weight excluding hydrogens is 262 g/mol. The monoisotopic (exact) mass is 289 g/mol. The Morgan fingerprint density at radius 1 is 1.16 bits per heavy atom. The lowest BCUT2D eigenvalue weighted by Gasteiger charge is -2.14. The summed E-state index contributed by atoms with van der Waals surface area (Å²) in [6, 6.07) is 0.198. The smallest absolute Gasteiger partial charge is 0.307 e. The van der Waals surface area contributed by atoms with Crippen molar-refractivity contribution in [3.8, 4) is 0 Å². The molecule has 112 valence electrons. The molecule has 4 nitrogen and oxygen atoms in total. The van der Waals surface area contributed by atoms with Crippen molar-refractivity contribution in [2.75, 3.05) is 11.5 Å². The molecule has 0 heterocycles. The molecule has 0 aromatic carbocycles. The molecule has 2 atom stereocenters. The second kappa shape index (κ2) is 10.1. The van der Waals surface area contributed by atoms with Gasteiger partial charge < -0.3 is 10.4 Å². The largest absolute Gasteiger partial charge is 0.481 e. The lowest BCUT2D eigenvalue weighted by Crippen LogP contribution is -2.34. The van der Waals surface area contributed by atoms with Gasteiger partial charge in [0, 0.05) is 11.8 Å². The summed E-state index contributed by atoms with van der Waals surface area (Å²) in [5.41, 5.74) is 0. The molecule has 0 spiro atoms. The number of hydrogen-bond acceptors (Lipinski definition) is 3. The normalized spacial score (nSPS) is 14.2. The Morgan fingerprint density at radius 3 is 2.32 bits per heavy atom. The summed E-state index contributed by atoms with van der Waals surface area (Å²) in [6.45, 7) is 8.07. The van der Waals surface area contributed by atoms with Crippen LogP contribution in [-0.4, -0.2) is 34.5 Å². The SMILES string of the molecule is CC(C)CCCC(C)NC(=O)CSCC(C)C(=O)O. The molecule has 0 rings (SSSR count). The zero-order valence-corrected chi connectivity index (χ0v) is 13.3. The minimum Gasteiger partial charge on any atom is -0.481 e. The molecule has 1 amide bonds. The van der Waals surface area contributed by atoms with Crippen LogP contribution in [0.4, 0.5) is 0 Å². The predicted octanol–water partition coefficient (Wildman–Crippen LogP) is 2.77. The molecule has 0 aromatic heterocycles. The second-order valence-corrected chi connectivity index (χ2v) is 6.58. The quantitative estimate of drug-likeness (QED) is 0.649. The standard InChI is InChI=1S/C14H27NO3S/c1-10(2)6-5-7-12(4)15-13(16)9-19-8-11(3)14(17)18/h10-12H,5-9H2,1-4H3,(H,15,16)(H,17,18). The molecule has 0 radical (unpaired) electrons. The fourth-order valence-corrected chi connectivity index (χ4v) is 2.50. The molecule has 0 saturated heterocycles. The summed E-state index contributed by atoms with van der Waals surface area (Å²) >= 11 is 1.38. The highest BCUT2D eigenvalue weighted by molar-refractivity contribution is 7.99. The summed E-state index contributed by atoms with van der Waals surface area (Å²) in [7, 11) is 0. The van der Waals surface area contributed by atoms with Crippen molar-refractivity contribution in [1.82, 2.24) is 5.32 Å². The highest BCUT2D eigenvalue weighted by Crippen LogP contribution is 2.10. The summed E-state index contributed by atoms with van der Waals surface area (Å²) in [6.07, 6.45) is 3.31. The van der Waals surface area contributed by atoms with Crippen molar-refractivity contribution < 1.29 is 14.7 Å². The number of carboxylic acids is 1. The fraction of sp³-hybridized carbons (Fsp3) is 0.857. The Morgan fingerprint density at radius 2 is 1.79 bits per heavy atom. The average molecular weight is 289 g/mol. The van der Waals surface area contributed by atoms with E-state index in [4.69, 9.17) is 5.11 Å². The summed E-state index contributed by atoms with van der Waals surface area (Å²) < 4.78 is 0. The van der Waals surface area contributed by atoms with Crippen LogP contribution in [0.1, 0.15) is 47.0 Å². The van der Waals surface area contributed by atoms with Crippen LogP contribution in [0.3, 0.4) is 0 Å². The van der Waals surface area contributed by atoms with Crippen molar-refractivity contribution in [1.29, 1.82) is 0 Å². The van der Waals surface area contributed by atoms with Gasteiger partial charge in [-0.1, -0.05) is 33.6 Å². The predicted molar refractivity (Wildman–Crippen MR) is 80.4 cm³/mol. The van der Waals surface area contributed by atoms with E-state index in [1.165, 1.54) is 18.2 Å². The van der Waals surface area contributed by atoms with E-state index in [-0.39, 0.29) is 11.9 Å². The van der Waals surface area contributed by atoms with Crippen molar-refractivity contribution >= 4 is 23.6 Å². The lowest BCUT2D eigenvalue weighted by atomic mass is 10.0. The summed E-state index contributed by atoms with van der Waals surface area (Å²) in [5, 5.41) is 11.7. The first-order valence-corrected chi connectivity index (χ1v) is 8.08. The van der Waals surface area contributed by atoms with E-state index in [2.05, 4.69) is 19.2 Å². The molecule has 2 unspecified atom stereocenters. The number of carbonyl (C=O) groups is 2. The Balaban J connectivity index is 3.65. The van der Waals surface area contributed by atoms with Gasteiger partial charge in [-0.3, -0.25) is 9.59 Å². The van der Waals surface area contributed by atoms with Crippen molar-refractivity contribution in [2.45, 2.75) is 53.0 Å². The van der Waals surface area contributed by atoms with Crippen LogP contribution in [0.25, 0.3) is 0 Å². The van der Waals surface area contributed by atoms with Crippen molar-refractivity contribution in [2.24, 2.45) is 11.8 Å². The molecule has 0 aliphatic carbocycles. The molecule has 0 aliphatic heterocycles. The number of carboxylic acid groups (broad SMARTS) is 1. The lowest BCUT2D eigenvalue weighted by molar-refractivity contribution is -0.140. The van der Waals surface area contributed by atoms with E-state index in [0.29, 0.717) is 17.4 Å². The van der Waals surface area contributed by atoms with Gasteiger partial charge >= 0.3 is 5.97 Å². The second-order valence-electron chi connectivity index (χ2n) is 5.55. The molecule has 0 bridgehead atoms. The third-order valence-corrected chi connectivity index (χ3v) is 4.05. The number of amides is 1. The molecule has 0 aliphatic rings. The van der Waals surface area contributed by atoms with E-state index in [1.807, 2.05) is 6.92 Å². The van der Waals surface area contributed by atoms with Gasteiger partial charge in [0.25, 0.3) is 0 Å².